The van der Waals surface area contributed by atoms with E-state index in [4.69, 9.17) is 4.42 Å². The van der Waals surface area contributed by atoms with Crippen LogP contribution in [0.5, 0.6) is 0 Å². The molecule has 11 heteroatoms. The maximum absolute atomic E-state index is 12.6. The minimum absolute atomic E-state index is 0.0791. The predicted octanol–water partition coefficient (Wildman–Crippen LogP) is 1.28. The number of rotatable bonds is 2. The average molecular weight is 313 g/mol. The van der Waals surface area contributed by atoms with Crippen molar-refractivity contribution in [2.45, 2.75) is 6.18 Å². The number of H-pyrrole nitrogens is 1. The SMILES string of the molecule is O=C(Nc1cc(=O)[nH]c2nc(C(F)(F)F)nn12)c1ccco1. The van der Waals surface area contributed by atoms with Crippen LogP contribution in [0.2, 0.25) is 0 Å². The summed E-state index contributed by atoms with van der Waals surface area (Å²) in [5.74, 6) is -2.99. The Morgan fingerprint density at radius 3 is 2.82 bits per heavy atom. The second-order valence-electron chi connectivity index (χ2n) is 4.12. The lowest BCUT2D eigenvalue weighted by molar-refractivity contribution is -0.144. The molecule has 0 aliphatic rings. The van der Waals surface area contributed by atoms with Gasteiger partial charge in [0.1, 0.15) is 5.82 Å². The van der Waals surface area contributed by atoms with Gasteiger partial charge in [-0.1, -0.05) is 0 Å². The summed E-state index contributed by atoms with van der Waals surface area (Å²) in [4.78, 5) is 28.5. The first-order valence-corrected chi connectivity index (χ1v) is 5.77. The molecule has 3 rings (SSSR count). The van der Waals surface area contributed by atoms with E-state index in [-0.39, 0.29) is 11.6 Å². The van der Waals surface area contributed by atoms with Crippen LogP contribution in [-0.4, -0.2) is 25.5 Å². The largest absolute Gasteiger partial charge is 0.459 e. The third-order valence-corrected chi connectivity index (χ3v) is 2.58. The molecule has 0 atom stereocenters. The zero-order valence-electron chi connectivity index (χ0n) is 10.5. The van der Waals surface area contributed by atoms with E-state index < -0.39 is 29.2 Å². The average Bonchev–Trinajstić information content (AvgIpc) is 3.06. The highest BCUT2D eigenvalue weighted by molar-refractivity contribution is 6.01. The topological polar surface area (TPSA) is 105 Å². The van der Waals surface area contributed by atoms with Gasteiger partial charge in [0, 0.05) is 6.07 Å². The molecule has 114 valence electrons. The van der Waals surface area contributed by atoms with Gasteiger partial charge in [-0.05, 0) is 12.1 Å². The molecule has 0 aliphatic carbocycles. The normalized spacial score (nSPS) is 11.8. The molecule has 1 amide bonds. The quantitative estimate of drug-likeness (QED) is 0.741. The molecule has 22 heavy (non-hydrogen) atoms. The van der Waals surface area contributed by atoms with Crippen molar-refractivity contribution in [1.29, 1.82) is 0 Å². The molecule has 0 radical (unpaired) electrons. The maximum Gasteiger partial charge on any atom is 0.453 e. The minimum Gasteiger partial charge on any atom is -0.459 e. The summed E-state index contributed by atoms with van der Waals surface area (Å²) in [5, 5.41) is 5.46. The molecular formula is C11H6F3N5O3. The molecule has 0 bridgehead atoms. The molecule has 2 N–H and O–H groups in total. The highest BCUT2D eigenvalue weighted by Gasteiger charge is 2.36. The van der Waals surface area contributed by atoms with Crippen molar-refractivity contribution in [3.63, 3.8) is 0 Å². The third kappa shape index (κ3) is 2.43. The van der Waals surface area contributed by atoms with Gasteiger partial charge in [0.2, 0.25) is 5.78 Å². The summed E-state index contributed by atoms with van der Waals surface area (Å²) < 4.78 is 43.4. The number of fused-ring (bicyclic) bond motifs is 1. The first-order chi connectivity index (χ1) is 10.3. The number of aromatic nitrogens is 4. The summed E-state index contributed by atoms with van der Waals surface area (Å²) in [6, 6.07) is 3.68. The van der Waals surface area contributed by atoms with Gasteiger partial charge in [0.15, 0.2) is 5.76 Å². The smallest absolute Gasteiger partial charge is 0.453 e. The second-order valence-corrected chi connectivity index (χ2v) is 4.12. The van der Waals surface area contributed by atoms with E-state index in [1.807, 2.05) is 0 Å². The van der Waals surface area contributed by atoms with E-state index in [2.05, 4.69) is 20.4 Å². The summed E-state index contributed by atoms with van der Waals surface area (Å²) >= 11 is 0. The number of aromatic amines is 1. The summed E-state index contributed by atoms with van der Waals surface area (Å²) in [6.45, 7) is 0. The first-order valence-electron chi connectivity index (χ1n) is 5.77. The lowest BCUT2D eigenvalue weighted by Gasteiger charge is -2.04. The minimum atomic E-state index is -4.79. The monoisotopic (exact) mass is 313 g/mol. The molecule has 0 saturated heterocycles. The van der Waals surface area contributed by atoms with Crippen molar-refractivity contribution in [3.8, 4) is 0 Å². The lowest BCUT2D eigenvalue weighted by atomic mass is 10.4. The summed E-state index contributed by atoms with van der Waals surface area (Å²) in [7, 11) is 0. The number of carbonyl (C=O) groups excluding carboxylic acids is 1. The van der Waals surface area contributed by atoms with Crippen LogP contribution < -0.4 is 10.9 Å². The number of halogens is 3. The van der Waals surface area contributed by atoms with E-state index >= 15 is 0 Å². The molecule has 0 aliphatic heterocycles. The molecule has 0 spiro atoms. The van der Waals surface area contributed by atoms with Crippen molar-refractivity contribution in [3.05, 3.63) is 46.4 Å². The first kappa shape index (κ1) is 13.9. The number of carbonyl (C=O) groups is 1. The van der Waals surface area contributed by atoms with E-state index in [9.17, 15) is 22.8 Å². The van der Waals surface area contributed by atoms with Gasteiger partial charge in [0.05, 0.1) is 6.26 Å². The predicted molar refractivity (Wildman–Crippen MR) is 65.3 cm³/mol. The Labute approximate surface area is 118 Å². The summed E-state index contributed by atoms with van der Waals surface area (Å²) in [6.07, 6.45) is -3.54. The number of anilines is 1. The number of hydrogen-bond acceptors (Lipinski definition) is 5. The number of nitrogens with one attached hydrogen (secondary N) is 2. The van der Waals surface area contributed by atoms with Crippen LogP contribution in [0.15, 0.2) is 33.7 Å². The third-order valence-electron chi connectivity index (χ3n) is 2.58. The van der Waals surface area contributed by atoms with Gasteiger partial charge in [-0.2, -0.15) is 22.7 Å². The summed E-state index contributed by atoms with van der Waals surface area (Å²) in [5.41, 5.74) is -0.747. The van der Waals surface area contributed by atoms with Crippen LogP contribution in [0.4, 0.5) is 19.0 Å². The molecule has 0 saturated carbocycles. The van der Waals surface area contributed by atoms with E-state index in [1.165, 1.54) is 18.4 Å². The van der Waals surface area contributed by atoms with E-state index in [0.717, 1.165) is 6.07 Å². The van der Waals surface area contributed by atoms with E-state index in [1.54, 1.807) is 0 Å². The highest BCUT2D eigenvalue weighted by atomic mass is 19.4. The van der Waals surface area contributed by atoms with Crippen LogP contribution in [0.25, 0.3) is 5.78 Å². The Balaban J connectivity index is 2.07. The number of nitrogens with zero attached hydrogens (tertiary/aromatic N) is 3. The van der Waals surface area contributed by atoms with Gasteiger partial charge in [-0.3, -0.25) is 14.6 Å². The number of hydrogen-bond donors (Lipinski definition) is 2. The van der Waals surface area contributed by atoms with Gasteiger partial charge >= 0.3 is 6.18 Å². The van der Waals surface area contributed by atoms with Crippen LogP contribution >= 0.6 is 0 Å². The van der Waals surface area contributed by atoms with Crippen molar-refractivity contribution in [2.24, 2.45) is 0 Å². The number of furan rings is 1. The molecule has 3 heterocycles. The molecule has 3 aromatic heterocycles. The van der Waals surface area contributed by atoms with Gasteiger partial charge in [-0.15, -0.1) is 5.10 Å². The molecule has 0 aromatic carbocycles. The van der Waals surface area contributed by atoms with Crippen molar-refractivity contribution in [1.82, 2.24) is 19.6 Å². The van der Waals surface area contributed by atoms with Crippen LogP contribution in [0.3, 0.4) is 0 Å². The lowest BCUT2D eigenvalue weighted by Crippen LogP contribution is -2.18. The Morgan fingerprint density at radius 2 is 2.18 bits per heavy atom. The molecule has 8 nitrogen and oxygen atoms in total. The highest BCUT2D eigenvalue weighted by Crippen LogP contribution is 2.26. The van der Waals surface area contributed by atoms with Gasteiger partial charge in [0.25, 0.3) is 17.3 Å². The standard InChI is InChI=1S/C11H6F3N5O3/c12-11(13,14)9-17-10-16-7(20)4-6(19(10)18-9)15-8(21)5-2-1-3-22-5/h1-4H,(H,15,21)(H,16,17,18,20). The number of amides is 1. The molecule has 0 fully saturated rings. The Morgan fingerprint density at radius 1 is 1.41 bits per heavy atom. The fraction of sp³-hybridized carbons (Fsp3) is 0.0909. The fourth-order valence-corrected chi connectivity index (χ4v) is 1.69. The molecular weight excluding hydrogens is 307 g/mol. The van der Waals surface area contributed by atoms with Crippen molar-refractivity contribution < 1.29 is 22.4 Å². The van der Waals surface area contributed by atoms with Gasteiger partial charge < -0.3 is 9.73 Å². The van der Waals surface area contributed by atoms with Crippen molar-refractivity contribution in [2.75, 3.05) is 5.32 Å². The Hall–Kier alpha value is -3.11. The van der Waals surface area contributed by atoms with Crippen LogP contribution in [-0.2, 0) is 6.18 Å². The van der Waals surface area contributed by atoms with Crippen LogP contribution in [0.1, 0.15) is 16.4 Å². The van der Waals surface area contributed by atoms with E-state index in [0.29, 0.717) is 4.52 Å². The molecule has 3 aromatic rings. The van der Waals surface area contributed by atoms with Crippen molar-refractivity contribution >= 4 is 17.5 Å². The number of alkyl halides is 3. The zero-order chi connectivity index (χ0) is 15.9. The van der Waals surface area contributed by atoms with Crippen LogP contribution in [0, 0.1) is 0 Å². The Bertz CT molecular complexity index is 894. The maximum atomic E-state index is 12.6. The molecule has 0 unspecified atom stereocenters. The fourth-order valence-electron chi connectivity index (χ4n) is 1.69. The zero-order valence-corrected chi connectivity index (χ0v) is 10.5. The van der Waals surface area contributed by atoms with Gasteiger partial charge in [-0.25, -0.2) is 0 Å². The second kappa shape index (κ2) is 4.72. The Kier molecular flexibility index (Phi) is 2.97.